The van der Waals surface area contributed by atoms with Crippen molar-refractivity contribution < 1.29 is 14.5 Å². The monoisotopic (exact) mass is 253 g/mol. The van der Waals surface area contributed by atoms with Crippen molar-refractivity contribution in [3.8, 4) is 5.75 Å². The number of carbonyl (C=O) groups excluding carboxylic acids is 1. The zero-order valence-electron chi connectivity index (χ0n) is 10.3. The molecule has 98 valence electrons. The number of hydrogen-bond acceptors (Lipinski definition) is 5. The number of rotatable bonds is 6. The van der Waals surface area contributed by atoms with Gasteiger partial charge in [0.2, 0.25) is 11.7 Å². The molecule has 7 heteroatoms. The molecule has 0 aliphatic carbocycles. The van der Waals surface area contributed by atoms with E-state index in [1.807, 2.05) is 13.8 Å². The van der Waals surface area contributed by atoms with Crippen LogP contribution in [-0.4, -0.2) is 28.5 Å². The van der Waals surface area contributed by atoms with E-state index in [0.29, 0.717) is 0 Å². The van der Waals surface area contributed by atoms with Crippen molar-refractivity contribution in [2.24, 2.45) is 0 Å². The molecule has 0 saturated carbocycles. The fourth-order valence-electron chi connectivity index (χ4n) is 1.28. The number of nitrogens with one attached hydrogen (secondary N) is 1. The Balaban J connectivity index is 2.49. The molecule has 1 amide bonds. The van der Waals surface area contributed by atoms with Gasteiger partial charge in [-0.1, -0.05) is 0 Å². The Kier molecular flexibility index (Phi) is 5.04. The lowest BCUT2D eigenvalue weighted by molar-refractivity contribution is -0.390. The van der Waals surface area contributed by atoms with Gasteiger partial charge in [-0.25, -0.2) is 0 Å². The highest BCUT2D eigenvalue weighted by molar-refractivity contribution is 5.76. The maximum absolute atomic E-state index is 11.3. The summed E-state index contributed by atoms with van der Waals surface area (Å²) >= 11 is 0. The summed E-state index contributed by atoms with van der Waals surface area (Å²) in [5.41, 5.74) is 0. The molecule has 1 N–H and O–H groups in total. The lowest BCUT2D eigenvalue weighted by Gasteiger charge is -2.09. The van der Waals surface area contributed by atoms with Gasteiger partial charge in [0.1, 0.15) is 6.20 Å². The minimum atomic E-state index is -0.622. The SMILES string of the molecule is CC(C)NC(=O)CCOc1cccnc1[N+](=O)[O-]. The molecule has 7 nitrogen and oxygen atoms in total. The first-order chi connectivity index (χ1) is 8.50. The third-order valence-corrected chi connectivity index (χ3v) is 1.96. The van der Waals surface area contributed by atoms with E-state index in [2.05, 4.69) is 10.3 Å². The summed E-state index contributed by atoms with van der Waals surface area (Å²) in [6.07, 6.45) is 1.46. The van der Waals surface area contributed by atoms with Crippen molar-refractivity contribution in [1.82, 2.24) is 10.3 Å². The van der Waals surface area contributed by atoms with Crippen LogP contribution >= 0.6 is 0 Å². The molecule has 1 aromatic heterocycles. The first-order valence-electron chi connectivity index (χ1n) is 5.52. The molecule has 0 fully saturated rings. The Bertz CT molecular complexity index is 434. The van der Waals surface area contributed by atoms with Crippen LogP contribution in [-0.2, 0) is 4.79 Å². The van der Waals surface area contributed by atoms with Crippen molar-refractivity contribution in [1.29, 1.82) is 0 Å². The summed E-state index contributed by atoms with van der Waals surface area (Å²) in [7, 11) is 0. The quantitative estimate of drug-likeness (QED) is 0.608. The van der Waals surface area contributed by atoms with Crippen LogP contribution in [0.4, 0.5) is 5.82 Å². The van der Waals surface area contributed by atoms with Crippen LogP contribution in [0.1, 0.15) is 20.3 Å². The van der Waals surface area contributed by atoms with E-state index in [9.17, 15) is 14.9 Å². The third kappa shape index (κ3) is 4.36. The molecule has 0 aliphatic rings. The van der Waals surface area contributed by atoms with E-state index in [1.165, 1.54) is 18.3 Å². The molecule has 1 heterocycles. The lowest BCUT2D eigenvalue weighted by atomic mass is 10.3. The standard InChI is InChI=1S/C11H15N3O4/c1-8(2)13-10(15)5-7-18-9-4-3-6-12-11(9)14(16)17/h3-4,6,8H,5,7H2,1-2H3,(H,13,15). The van der Waals surface area contributed by atoms with Crippen molar-refractivity contribution in [2.75, 3.05) is 6.61 Å². The smallest absolute Gasteiger partial charge is 0.406 e. The topological polar surface area (TPSA) is 94.4 Å². The van der Waals surface area contributed by atoms with Gasteiger partial charge >= 0.3 is 5.82 Å². The number of aromatic nitrogens is 1. The molecule has 0 atom stereocenters. The van der Waals surface area contributed by atoms with Crippen LogP contribution < -0.4 is 10.1 Å². The Morgan fingerprint density at radius 2 is 2.33 bits per heavy atom. The highest BCUT2D eigenvalue weighted by Crippen LogP contribution is 2.22. The molecular formula is C11H15N3O4. The average molecular weight is 253 g/mol. The normalized spacial score (nSPS) is 10.2. The van der Waals surface area contributed by atoms with Crippen LogP contribution in [0.15, 0.2) is 18.3 Å². The van der Waals surface area contributed by atoms with Gasteiger partial charge in [-0.15, -0.1) is 0 Å². The Labute approximate surface area is 104 Å². The zero-order valence-corrected chi connectivity index (χ0v) is 10.3. The summed E-state index contributed by atoms with van der Waals surface area (Å²) in [6, 6.07) is 3.05. The second-order valence-corrected chi connectivity index (χ2v) is 3.90. The number of pyridine rings is 1. The van der Waals surface area contributed by atoms with Gasteiger partial charge in [0, 0.05) is 6.04 Å². The van der Waals surface area contributed by atoms with Crippen LogP contribution in [0, 0.1) is 10.1 Å². The molecule has 0 bridgehead atoms. The Morgan fingerprint density at radius 1 is 1.61 bits per heavy atom. The summed E-state index contributed by atoms with van der Waals surface area (Å²) in [5.74, 6) is -0.432. The molecule has 0 aromatic carbocycles. The minimum Gasteiger partial charge on any atom is -0.485 e. The molecule has 1 aromatic rings. The number of ether oxygens (including phenoxy) is 1. The van der Waals surface area contributed by atoms with E-state index < -0.39 is 4.92 Å². The van der Waals surface area contributed by atoms with Crippen LogP contribution in [0.25, 0.3) is 0 Å². The van der Waals surface area contributed by atoms with Gasteiger partial charge < -0.3 is 20.2 Å². The second-order valence-electron chi connectivity index (χ2n) is 3.90. The number of amides is 1. The Morgan fingerprint density at radius 3 is 2.94 bits per heavy atom. The summed E-state index contributed by atoms with van der Waals surface area (Å²) in [5, 5.41) is 13.3. The van der Waals surface area contributed by atoms with Crippen molar-refractivity contribution in [3.63, 3.8) is 0 Å². The average Bonchev–Trinajstić information content (AvgIpc) is 2.28. The molecule has 0 radical (unpaired) electrons. The van der Waals surface area contributed by atoms with Crippen molar-refractivity contribution in [3.05, 3.63) is 28.4 Å². The zero-order chi connectivity index (χ0) is 13.5. The largest absolute Gasteiger partial charge is 0.485 e. The van der Waals surface area contributed by atoms with E-state index in [1.54, 1.807) is 0 Å². The second kappa shape index (κ2) is 6.53. The molecule has 1 rings (SSSR count). The summed E-state index contributed by atoms with van der Waals surface area (Å²) < 4.78 is 5.19. The highest BCUT2D eigenvalue weighted by atomic mass is 16.6. The van der Waals surface area contributed by atoms with Gasteiger partial charge in [-0.05, 0) is 35.9 Å². The molecule has 18 heavy (non-hydrogen) atoms. The van der Waals surface area contributed by atoms with E-state index in [-0.39, 0.29) is 36.5 Å². The van der Waals surface area contributed by atoms with Gasteiger partial charge in [0.25, 0.3) is 0 Å². The van der Waals surface area contributed by atoms with Gasteiger partial charge in [0.05, 0.1) is 13.0 Å². The maximum atomic E-state index is 11.3. The lowest BCUT2D eigenvalue weighted by Crippen LogP contribution is -2.31. The van der Waals surface area contributed by atoms with Crippen molar-refractivity contribution >= 4 is 11.7 Å². The van der Waals surface area contributed by atoms with Crippen LogP contribution in [0.3, 0.4) is 0 Å². The predicted octanol–water partition coefficient (Wildman–Crippen LogP) is 1.28. The van der Waals surface area contributed by atoms with Crippen LogP contribution in [0.5, 0.6) is 5.75 Å². The predicted molar refractivity (Wildman–Crippen MR) is 64.3 cm³/mol. The molecular weight excluding hydrogens is 238 g/mol. The van der Waals surface area contributed by atoms with E-state index in [4.69, 9.17) is 4.74 Å². The first kappa shape index (κ1) is 13.9. The summed E-state index contributed by atoms with van der Waals surface area (Å²) in [6.45, 7) is 3.78. The fourth-order valence-corrected chi connectivity index (χ4v) is 1.28. The Hall–Kier alpha value is -2.18. The van der Waals surface area contributed by atoms with Crippen LogP contribution in [0.2, 0.25) is 0 Å². The molecule has 0 unspecified atom stereocenters. The maximum Gasteiger partial charge on any atom is 0.406 e. The number of hydrogen-bond donors (Lipinski definition) is 1. The third-order valence-electron chi connectivity index (χ3n) is 1.96. The molecule has 0 aliphatic heterocycles. The number of nitrogens with zero attached hydrogens (tertiary/aromatic N) is 2. The number of carbonyl (C=O) groups is 1. The fraction of sp³-hybridized carbons (Fsp3) is 0.455. The van der Waals surface area contributed by atoms with Gasteiger partial charge in [-0.3, -0.25) is 4.79 Å². The van der Waals surface area contributed by atoms with E-state index in [0.717, 1.165) is 0 Å². The first-order valence-corrected chi connectivity index (χ1v) is 5.52. The highest BCUT2D eigenvalue weighted by Gasteiger charge is 2.15. The molecule has 0 spiro atoms. The van der Waals surface area contributed by atoms with E-state index >= 15 is 0 Å². The van der Waals surface area contributed by atoms with Gasteiger partial charge in [0.15, 0.2) is 0 Å². The summed E-state index contributed by atoms with van der Waals surface area (Å²) in [4.78, 5) is 24.9. The van der Waals surface area contributed by atoms with Crippen molar-refractivity contribution in [2.45, 2.75) is 26.3 Å². The number of nitro groups is 1. The van der Waals surface area contributed by atoms with Gasteiger partial charge in [-0.2, -0.15) is 0 Å². The molecule has 0 saturated heterocycles. The minimum absolute atomic E-state index is 0.0604.